The van der Waals surface area contributed by atoms with Crippen molar-refractivity contribution in [3.63, 3.8) is 0 Å². The Labute approximate surface area is 141 Å². The molecule has 0 unspecified atom stereocenters. The highest BCUT2D eigenvalue weighted by molar-refractivity contribution is 5.96. The van der Waals surface area contributed by atoms with Crippen molar-refractivity contribution in [2.45, 2.75) is 6.92 Å². The first-order valence-electron chi connectivity index (χ1n) is 7.96. The van der Waals surface area contributed by atoms with Crippen LogP contribution in [0.25, 0.3) is 0 Å². The lowest BCUT2D eigenvalue weighted by molar-refractivity contribution is 0.101. The summed E-state index contributed by atoms with van der Waals surface area (Å²) in [5.41, 5.74) is 1.23. The standard InChI is InChI=1S/C18H20N4O2/c1-14(23)15-5-4-6-16(13-15)20-18(24)22-11-9-21(10-12-22)17-7-2-3-8-19-17/h2-8,13H,9-12H2,1H3,(H,20,24). The van der Waals surface area contributed by atoms with Gasteiger partial charge in [0.1, 0.15) is 5.82 Å². The van der Waals surface area contributed by atoms with Crippen molar-refractivity contribution < 1.29 is 9.59 Å². The van der Waals surface area contributed by atoms with Crippen molar-refractivity contribution in [3.8, 4) is 0 Å². The average molecular weight is 324 g/mol. The summed E-state index contributed by atoms with van der Waals surface area (Å²) >= 11 is 0. The molecular formula is C18H20N4O2. The molecule has 1 fully saturated rings. The Hall–Kier alpha value is -2.89. The van der Waals surface area contributed by atoms with Gasteiger partial charge in [-0.2, -0.15) is 0 Å². The molecule has 0 bridgehead atoms. The summed E-state index contributed by atoms with van der Waals surface area (Å²) in [4.78, 5) is 32.1. The predicted octanol–water partition coefficient (Wildman–Crippen LogP) is 2.64. The van der Waals surface area contributed by atoms with E-state index < -0.39 is 0 Å². The topological polar surface area (TPSA) is 65.5 Å². The number of pyridine rings is 1. The summed E-state index contributed by atoms with van der Waals surface area (Å²) in [6, 6.07) is 12.7. The molecule has 2 amide bonds. The smallest absolute Gasteiger partial charge is 0.321 e. The number of benzene rings is 1. The molecule has 0 radical (unpaired) electrons. The normalized spacial score (nSPS) is 14.4. The van der Waals surface area contributed by atoms with Crippen LogP contribution in [-0.4, -0.2) is 47.9 Å². The molecule has 124 valence electrons. The quantitative estimate of drug-likeness (QED) is 0.882. The molecule has 1 aromatic carbocycles. The number of piperazine rings is 1. The number of nitrogens with one attached hydrogen (secondary N) is 1. The van der Waals surface area contributed by atoms with E-state index in [9.17, 15) is 9.59 Å². The summed E-state index contributed by atoms with van der Waals surface area (Å²) in [7, 11) is 0. The number of carbonyl (C=O) groups is 2. The highest BCUT2D eigenvalue weighted by Crippen LogP contribution is 2.15. The third-order valence-corrected chi connectivity index (χ3v) is 4.06. The molecule has 0 atom stereocenters. The monoisotopic (exact) mass is 324 g/mol. The zero-order chi connectivity index (χ0) is 16.9. The van der Waals surface area contributed by atoms with E-state index >= 15 is 0 Å². The highest BCUT2D eigenvalue weighted by atomic mass is 16.2. The van der Waals surface area contributed by atoms with Gasteiger partial charge in [0.15, 0.2) is 5.78 Å². The number of aromatic nitrogens is 1. The molecule has 2 heterocycles. The molecule has 1 N–H and O–H groups in total. The molecule has 1 saturated heterocycles. The van der Waals surface area contributed by atoms with Gasteiger partial charge in [-0.25, -0.2) is 9.78 Å². The second-order valence-corrected chi connectivity index (χ2v) is 5.73. The van der Waals surface area contributed by atoms with Crippen molar-refractivity contribution in [2.24, 2.45) is 0 Å². The molecule has 0 saturated carbocycles. The first-order chi connectivity index (χ1) is 11.6. The van der Waals surface area contributed by atoms with Gasteiger partial charge in [-0.1, -0.05) is 18.2 Å². The first-order valence-corrected chi connectivity index (χ1v) is 7.96. The number of anilines is 2. The van der Waals surface area contributed by atoms with Crippen molar-refractivity contribution >= 4 is 23.3 Å². The number of nitrogens with zero attached hydrogens (tertiary/aromatic N) is 3. The minimum Gasteiger partial charge on any atom is -0.353 e. The molecule has 1 aliphatic heterocycles. The lowest BCUT2D eigenvalue weighted by Crippen LogP contribution is -2.50. The molecule has 1 aliphatic rings. The zero-order valence-corrected chi connectivity index (χ0v) is 13.6. The van der Waals surface area contributed by atoms with Crippen LogP contribution in [0.15, 0.2) is 48.7 Å². The summed E-state index contributed by atoms with van der Waals surface area (Å²) in [6.07, 6.45) is 1.77. The van der Waals surface area contributed by atoms with Crippen LogP contribution in [0.4, 0.5) is 16.3 Å². The number of amides is 2. The Morgan fingerprint density at radius 2 is 1.83 bits per heavy atom. The van der Waals surface area contributed by atoms with Gasteiger partial charge in [-0.3, -0.25) is 4.79 Å². The van der Waals surface area contributed by atoms with Gasteiger partial charge in [0, 0.05) is 43.6 Å². The Bertz CT molecular complexity index is 725. The van der Waals surface area contributed by atoms with Crippen LogP contribution in [0.1, 0.15) is 17.3 Å². The van der Waals surface area contributed by atoms with E-state index in [0.717, 1.165) is 18.9 Å². The van der Waals surface area contributed by atoms with Crippen LogP contribution in [0.5, 0.6) is 0 Å². The third-order valence-electron chi connectivity index (χ3n) is 4.06. The van der Waals surface area contributed by atoms with E-state index in [1.54, 1.807) is 35.4 Å². The predicted molar refractivity (Wildman–Crippen MR) is 93.5 cm³/mol. The van der Waals surface area contributed by atoms with Gasteiger partial charge in [-0.15, -0.1) is 0 Å². The molecule has 0 spiro atoms. The van der Waals surface area contributed by atoms with Crippen LogP contribution in [-0.2, 0) is 0 Å². The van der Waals surface area contributed by atoms with E-state index in [0.29, 0.717) is 24.3 Å². The van der Waals surface area contributed by atoms with Crippen LogP contribution in [0.2, 0.25) is 0 Å². The number of Topliss-reactive ketones (excluding diaryl/α,β-unsaturated/α-hetero) is 1. The maximum Gasteiger partial charge on any atom is 0.321 e. The summed E-state index contributed by atoms with van der Waals surface area (Å²) in [5.74, 6) is 0.918. The van der Waals surface area contributed by atoms with Crippen molar-refractivity contribution in [1.29, 1.82) is 0 Å². The maximum atomic E-state index is 12.4. The number of ketones is 1. The summed E-state index contributed by atoms with van der Waals surface area (Å²) in [6.45, 7) is 4.28. The third kappa shape index (κ3) is 3.71. The lowest BCUT2D eigenvalue weighted by Gasteiger charge is -2.35. The molecular weight excluding hydrogens is 304 g/mol. The van der Waals surface area contributed by atoms with Gasteiger partial charge >= 0.3 is 6.03 Å². The van der Waals surface area contributed by atoms with E-state index in [4.69, 9.17) is 0 Å². The number of urea groups is 1. The SMILES string of the molecule is CC(=O)c1cccc(NC(=O)N2CCN(c3ccccn3)CC2)c1. The van der Waals surface area contributed by atoms with Gasteiger partial charge in [0.05, 0.1) is 0 Å². The van der Waals surface area contributed by atoms with Crippen LogP contribution in [0.3, 0.4) is 0 Å². The zero-order valence-electron chi connectivity index (χ0n) is 13.6. The molecule has 3 rings (SSSR count). The van der Waals surface area contributed by atoms with Gasteiger partial charge < -0.3 is 15.1 Å². The average Bonchev–Trinajstić information content (AvgIpc) is 2.63. The van der Waals surface area contributed by atoms with Crippen LogP contribution in [0, 0.1) is 0 Å². The fourth-order valence-corrected chi connectivity index (χ4v) is 2.70. The van der Waals surface area contributed by atoms with Gasteiger partial charge in [0.25, 0.3) is 0 Å². The minimum atomic E-state index is -0.142. The van der Waals surface area contributed by atoms with Crippen molar-refractivity contribution in [2.75, 3.05) is 36.4 Å². The Balaban J connectivity index is 1.57. The maximum absolute atomic E-state index is 12.4. The molecule has 6 nitrogen and oxygen atoms in total. The van der Waals surface area contributed by atoms with Gasteiger partial charge in [-0.05, 0) is 31.2 Å². The lowest BCUT2D eigenvalue weighted by atomic mass is 10.1. The van der Waals surface area contributed by atoms with E-state index in [1.165, 1.54) is 6.92 Å². The molecule has 1 aromatic heterocycles. The number of rotatable bonds is 3. The Kier molecular flexibility index (Phi) is 4.74. The van der Waals surface area contributed by atoms with Crippen molar-refractivity contribution in [3.05, 3.63) is 54.2 Å². The minimum absolute atomic E-state index is 0.0184. The fraction of sp³-hybridized carbons (Fsp3) is 0.278. The largest absolute Gasteiger partial charge is 0.353 e. The summed E-state index contributed by atoms with van der Waals surface area (Å²) in [5, 5.41) is 2.86. The molecule has 2 aromatic rings. The highest BCUT2D eigenvalue weighted by Gasteiger charge is 2.21. The van der Waals surface area contributed by atoms with E-state index in [1.807, 2.05) is 18.2 Å². The van der Waals surface area contributed by atoms with Crippen LogP contribution >= 0.6 is 0 Å². The van der Waals surface area contributed by atoms with E-state index in [-0.39, 0.29) is 11.8 Å². The Morgan fingerprint density at radius 1 is 1.04 bits per heavy atom. The number of carbonyl (C=O) groups excluding carboxylic acids is 2. The number of hydrogen-bond donors (Lipinski definition) is 1. The fourth-order valence-electron chi connectivity index (χ4n) is 2.70. The van der Waals surface area contributed by atoms with Gasteiger partial charge in [0.2, 0.25) is 0 Å². The van der Waals surface area contributed by atoms with E-state index in [2.05, 4.69) is 15.2 Å². The first kappa shape index (κ1) is 16.0. The second-order valence-electron chi connectivity index (χ2n) is 5.73. The number of hydrogen-bond acceptors (Lipinski definition) is 4. The summed E-state index contributed by atoms with van der Waals surface area (Å²) < 4.78 is 0. The van der Waals surface area contributed by atoms with Crippen LogP contribution < -0.4 is 10.2 Å². The molecule has 24 heavy (non-hydrogen) atoms. The molecule has 6 heteroatoms. The van der Waals surface area contributed by atoms with Crippen molar-refractivity contribution in [1.82, 2.24) is 9.88 Å². The molecule has 0 aliphatic carbocycles. The Morgan fingerprint density at radius 3 is 2.50 bits per heavy atom. The second kappa shape index (κ2) is 7.12.